The lowest BCUT2D eigenvalue weighted by atomic mass is 10.1. The van der Waals surface area contributed by atoms with Gasteiger partial charge in [0, 0.05) is 17.6 Å². The number of halogens is 1. The molecule has 1 aliphatic heterocycles. The second kappa shape index (κ2) is 5.60. The predicted molar refractivity (Wildman–Crippen MR) is 76.1 cm³/mol. The minimum Gasteiger partial charge on any atom is -0.371 e. The van der Waals surface area contributed by atoms with Crippen molar-refractivity contribution in [3.05, 3.63) is 34.9 Å². The van der Waals surface area contributed by atoms with Gasteiger partial charge in [0.05, 0.1) is 11.7 Å². The molecule has 0 bridgehead atoms. The summed E-state index contributed by atoms with van der Waals surface area (Å²) >= 11 is 6.19. The van der Waals surface area contributed by atoms with E-state index in [1.54, 1.807) is 0 Å². The van der Waals surface area contributed by atoms with Crippen molar-refractivity contribution in [3.8, 4) is 0 Å². The fourth-order valence-electron chi connectivity index (χ4n) is 2.47. The fourth-order valence-corrected chi connectivity index (χ4v) is 2.77. The van der Waals surface area contributed by atoms with E-state index in [1.807, 2.05) is 18.2 Å². The van der Waals surface area contributed by atoms with Gasteiger partial charge in [-0.1, -0.05) is 29.8 Å². The standard InChI is InChI=1S/C15H22ClNO/c1-11(13-6-4-5-7-14(13)16)17-10-12-8-9-15(2,3)18-12/h4-7,11-12,17H,8-10H2,1-3H3/t11-,12?/m0/s1. The third kappa shape index (κ3) is 3.47. The zero-order valence-corrected chi connectivity index (χ0v) is 12.1. The van der Waals surface area contributed by atoms with Crippen LogP contribution in [0.2, 0.25) is 5.02 Å². The molecule has 1 unspecified atom stereocenters. The highest BCUT2D eigenvalue weighted by Gasteiger charge is 2.31. The van der Waals surface area contributed by atoms with Crippen LogP contribution in [0.4, 0.5) is 0 Å². The molecule has 1 saturated heterocycles. The normalized spacial score (nSPS) is 24.1. The molecule has 1 aliphatic rings. The van der Waals surface area contributed by atoms with Gasteiger partial charge in [-0.15, -0.1) is 0 Å². The van der Waals surface area contributed by atoms with Crippen LogP contribution in [0.15, 0.2) is 24.3 Å². The quantitative estimate of drug-likeness (QED) is 0.892. The van der Waals surface area contributed by atoms with Gasteiger partial charge in [-0.3, -0.25) is 0 Å². The maximum absolute atomic E-state index is 6.19. The Hall–Kier alpha value is -0.570. The zero-order chi connectivity index (χ0) is 13.2. The Bertz CT molecular complexity index is 405. The predicted octanol–water partition coefficient (Wildman–Crippen LogP) is 3.95. The van der Waals surface area contributed by atoms with Gasteiger partial charge >= 0.3 is 0 Å². The molecule has 0 radical (unpaired) electrons. The summed E-state index contributed by atoms with van der Waals surface area (Å²) < 4.78 is 5.97. The molecule has 100 valence electrons. The Kier molecular flexibility index (Phi) is 4.31. The van der Waals surface area contributed by atoms with Crippen molar-refractivity contribution in [2.45, 2.75) is 51.4 Å². The third-order valence-corrected chi connectivity index (χ3v) is 3.92. The van der Waals surface area contributed by atoms with E-state index in [-0.39, 0.29) is 11.6 Å². The smallest absolute Gasteiger partial charge is 0.0708 e. The molecule has 0 aromatic heterocycles. The fraction of sp³-hybridized carbons (Fsp3) is 0.600. The Morgan fingerprint density at radius 3 is 2.78 bits per heavy atom. The molecular formula is C15H22ClNO. The highest BCUT2D eigenvalue weighted by atomic mass is 35.5. The van der Waals surface area contributed by atoms with Gasteiger partial charge in [-0.25, -0.2) is 0 Å². The Balaban J connectivity index is 1.86. The third-order valence-electron chi connectivity index (χ3n) is 3.58. The lowest BCUT2D eigenvalue weighted by Gasteiger charge is -2.21. The topological polar surface area (TPSA) is 21.3 Å². The van der Waals surface area contributed by atoms with Crippen molar-refractivity contribution in [2.75, 3.05) is 6.54 Å². The summed E-state index contributed by atoms with van der Waals surface area (Å²) in [6, 6.07) is 8.24. The van der Waals surface area contributed by atoms with Crippen LogP contribution < -0.4 is 5.32 Å². The van der Waals surface area contributed by atoms with Gasteiger partial charge < -0.3 is 10.1 Å². The van der Waals surface area contributed by atoms with E-state index in [1.165, 1.54) is 0 Å². The van der Waals surface area contributed by atoms with E-state index >= 15 is 0 Å². The largest absolute Gasteiger partial charge is 0.371 e. The number of hydrogen-bond donors (Lipinski definition) is 1. The van der Waals surface area contributed by atoms with Crippen LogP contribution in [0.25, 0.3) is 0 Å². The van der Waals surface area contributed by atoms with Gasteiger partial charge in [0.15, 0.2) is 0 Å². The van der Waals surface area contributed by atoms with E-state index in [0.717, 1.165) is 30.0 Å². The van der Waals surface area contributed by atoms with E-state index < -0.39 is 0 Å². The summed E-state index contributed by atoms with van der Waals surface area (Å²) in [7, 11) is 0. The summed E-state index contributed by atoms with van der Waals surface area (Å²) in [5.74, 6) is 0. The first kappa shape index (κ1) is 13.9. The zero-order valence-electron chi connectivity index (χ0n) is 11.4. The minimum absolute atomic E-state index is 0.0416. The van der Waals surface area contributed by atoms with Gasteiger partial charge in [-0.2, -0.15) is 0 Å². The molecule has 1 fully saturated rings. The summed E-state index contributed by atoms with van der Waals surface area (Å²) in [6.45, 7) is 7.34. The van der Waals surface area contributed by atoms with Crippen molar-refractivity contribution in [2.24, 2.45) is 0 Å². The van der Waals surface area contributed by atoms with Crippen molar-refractivity contribution >= 4 is 11.6 Å². The van der Waals surface area contributed by atoms with Crippen molar-refractivity contribution in [1.29, 1.82) is 0 Å². The maximum atomic E-state index is 6.19. The molecule has 2 nitrogen and oxygen atoms in total. The SMILES string of the molecule is C[C@H](NCC1CCC(C)(C)O1)c1ccccc1Cl. The first-order valence-electron chi connectivity index (χ1n) is 6.63. The van der Waals surface area contributed by atoms with Crippen molar-refractivity contribution in [3.63, 3.8) is 0 Å². The van der Waals surface area contributed by atoms with Crippen molar-refractivity contribution < 1.29 is 4.74 Å². The molecule has 1 N–H and O–H groups in total. The molecule has 0 amide bonds. The Morgan fingerprint density at radius 1 is 1.44 bits per heavy atom. The van der Waals surface area contributed by atoms with Crippen LogP contribution in [0.1, 0.15) is 45.2 Å². The molecule has 1 heterocycles. The summed E-state index contributed by atoms with van der Waals surface area (Å²) in [6.07, 6.45) is 2.60. The summed E-state index contributed by atoms with van der Waals surface area (Å²) in [5.41, 5.74) is 1.19. The van der Waals surface area contributed by atoms with Crippen LogP contribution in [-0.4, -0.2) is 18.2 Å². The average Bonchev–Trinajstić information content (AvgIpc) is 2.66. The minimum atomic E-state index is 0.0416. The number of rotatable bonds is 4. The van der Waals surface area contributed by atoms with Gasteiger partial charge in [-0.05, 0) is 45.2 Å². The summed E-state index contributed by atoms with van der Waals surface area (Å²) in [5, 5.41) is 4.33. The van der Waals surface area contributed by atoms with Crippen LogP contribution in [0, 0.1) is 0 Å². The highest BCUT2D eigenvalue weighted by molar-refractivity contribution is 6.31. The maximum Gasteiger partial charge on any atom is 0.0708 e. The van der Waals surface area contributed by atoms with E-state index in [2.05, 4.69) is 32.2 Å². The Morgan fingerprint density at radius 2 is 2.17 bits per heavy atom. The molecule has 2 rings (SSSR count). The van der Waals surface area contributed by atoms with Gasteiger partial charge in [0.2, 0.25) is 0 Å². The summed E-state index contributed by atoms with van der Waals surface area (Å²) in [4.78, 5) is 0. The van der Waals surface area contributed by atoms with Crippen LogP contribution in [0.3, 0.4) is 0 Å². The average molecular weight is 268 g/mol. The molecule has 2 atom stereocenters. The molecule has 0 spiro atoms. The molecule has 0 aliphatic carbocycles. The number of nitrogens with one attached hydrogen (secondary N) is 1. The molecule has 3 heteroatoms. The second-order valence-corrected chi connectivity index (χ2v) is 6.10. The first-order chi connectivity index (χ1) is 8.48. The number of ether oxygens (including phenoxy) is 1. The molecule has 1 aromatic rings. The lowest BCUT2D eigenvalue weighted by molar-refractivity contribution is -0.0150. The van der Waals surface area contributed by atoms with Crippen LogP contribution in [-0.2, 0) is 4.74 Å². The number of hydrogen-bond acceptors (Lipinski definition) is 2. The van der Waals surface area contributed by atoms with Gasteiger partial charge in [0.25, 0.3) is 0 Å². The van der Waals surface area contributed by atoms with Gasteiger partial charge in [0.1, 0.15) is 0 Å². The van der Waals surface area contributed by atoms with E-state index in [0.29, 0.717) is 6.10 Å². The second-order valence-electron chi connectivity index (χ2n) is 5.69. The number of benzene rings is 1. The monoisotopic (exact) mass is 267 g/mol. The van der Waals surface area contributed by atoms with Crippen LogP contribution in [0.5, 0.6) is 0 Å². The molecular weight excluding hydrogens is 246 g/mol. The Labute approximate surface area is 115 Å². The molecule has 0 saturated carbocycles. The van der Waals surface area contributed by atoms with Crippen LogP contribution >= 0.6 is 11.6 Å². The van der Waals surface area contributed by atoms with Crippen molar-refractivity contribution in [1.82, 2.24) is 5.32 Å². The van der Waals surface area contributed by atoms with E-state index in [9.17, 15) is 0 Å². The molecule has 1 aromatic carbocycles. The lowest BCUT2D eigenvalue weighted by Crippen LogP contribution is -2.31. The molecule has 18 heavy (non-hydrogen) atoms. The van der Waals surface area contributed by atoms with E-state index in [4.69, 9.17) is 16.3 Å². The first-order valence-corrected chi connectivity index (χ1v) is 7.01. The highest BCUT2D eigenvalue weighted by Crippen LogP contribution is 2.29.